The van der Waals surface area contributed by atoms with Crippen molar-refractivity contribution >= 4 is 61.4 Å². The molecule has 10 aromatic rings. The second-order valence-electron chi connectivity index (χ2n) is 16.4. The van der Waals surface area contributed by atoms with Crippen LogP contribution in [0.5, 0.6) is 40.2 Å². The number of ether oxygens (including phenoxy) is 4. The van der Waals surface area contributed by atoms with E-state index in [1.807, 2.05) is 188 Å². The Morgan fingerprint density at radius 2 is 0.942 bits per heavy atom. The quantitative estimate of drug-likeness (QED) is 0.139. The number of amidine groups is 1. The molecule has 1 atom stereocenters. The highest BCUT2D eigenvalue weighted by Gasteiger charge is 2.31. The van der Waals surface area contributed by atoms with Gasteiger partial charge in [-0.1, -0.05) is 90.5 Å². The minimum absolute atomic E-state index is 0.351. The van der Waals surface area contributed by atoms with E-state index < -0.39 is 5.92 Å². The molecule has 3 N–H and O–H groups in total. The number of nitrogens with one attached hydrogen (secondary N) is 3. The fraction of sp³-hybridized carbons (Fsp3) is 0.0179. The van der Waals surface area contributed by atoms with Crippen LogP contribution in [0.1, 0.15) is 0 Å². The minimum atomic E-state index is -0.429. The molecule has 0 saturated carbocycles. The van der Waals surface area contributed by atoms with Crippen molar-refractivity contribution in [3.05, 3.63) is 232 Å². The Balaban J connectivity index is 1.08. The van der Waals surface area contributed by atoms with Crippen molar-refractivity contribution in [1.29, 1.82) is 0 Å². The molecule has 3 aliphatic rings. The highest BCUT2D eigenvalue weighted by Crippen LogP contribution is 2.39. The van der Waals surface area contributed by atoms with Gasteiger partial charge in [0.05, 0.1) is 16.3 Å². The van der Waals surface area contributed by atoms with Gasteiger partial charge in [0.15, 0.2) is 5.82 Å². The molecule has 0 fully saturated rings. The summed E-state index contributed by atoms with van der Waals surface area (Å²) in [6.07, 6.45) is 5.91. The number of benzene rings is 7. The van der Waals surface area contributed by atoms with E-state index in [1.165, 1.54) is 0 Å². The van der Waals surface area contributed by atoms with Gasteiger partial charge in [0.2, 0.25) is 0 Å². The number of hydrogen-bond acceptors (Lipinski definition) is 9. The SMILES string of the molecule is Clc1c(Oc2ccccc2)ccc2c3[nH]c(c12)=NC1=C2C=CC(Oc4ccccc4)=CC2C(=N1)N=c1[nH]/c(c2cc(Oc4ccccc4)ccc12)=N\c1[nH]c(c2cc(Oc4ccccc4)ccc12)N=3. The highest BCUT2D eigenvalue weighted by atomic mass is 35.5. The maximum absolute atomic E-state index is 7.37. The molecule has 330 valence electrons. The lowest BCUT2D eigenvalue weighted by molar-refractivity contribution is 0.439. The van der Waals surface area contributed by atoms with E-state index in [-0.39, 0.29) is 0 Å². The molecule has 7 aromatic carbocycles. The standard InChI is InChI=1S/C56H35ClN8O4/c57-48-46(69-35-19-11-4-12-20-35)28-27-42-47(48)56-64-51-41-26-23-38(68-34-17-9-3-10-18-34)31-45(41)54(62-51)60-49-39-24-21-36(66-32-13-5-1-6-14-32)29-43(39)53(58-49)59-50-40-25-22-37(67-33-15-7-2-8-16-33)30-44(40)55(61-50)63-52(42)65-56/h1-31,45,61H,(H,63,64,65)(H,58,59,60,62). The number of allylic oxidation sites excluding steroid dienone is 2. The van der Waals surface area contributed by atoms with E-state index in [1.54, 1.807) is 0 Å². The number of H-pyrrole nitrogens is 3. The first-order chi connectivity index (χ1) is 34.0. The molecule has 1 unspecified atom stereocenters. The maximum atomic E-state index is 7.37. The van der Waals surface area contributed by atoms with Crippen molar-refractivity contribution < 1.29 is 18.9 Å². The largest absolute Gasteiger partial charge is 0.458 e. The van der Waals surface area contributed by atoms with Gasteiger partial charge in [0.1, 0.15) is 85.4 Å². The summed E-state index contributed by atoms with van der Waals surface area (Å²) < 4.78 is 25.4. The van der Waals surface area contributed by atoms with E-state index >= 15 is 0 Å². The summed E-state index contributed by atoms with van der Waals surface area (Å²) in [5.41, 5.74) is 2.84. The zero-order chi connectivity index (χ0) is 45.8. The predicted octanol–water partition coefficient (Wildman–Crippen LogP) is 12.1. The Morgan fingerprint density at radius 3 is 1.61 bits per heavy atom. The van der Waals surface area contributed by atoms with Gasteiger partial charge in [-0.15, -0.1) is 0 Å². The van der Waals surface area contributed by atoms with Gasteiger partial charge in [-0.3, -0.25) is 0 Å². The average molecular weight is 919 g/mol. The van der Waals surface area contributed by atoms with Crippen molar-refractivity contribution in [2.75, 3.05) is 0 Å². The minimum Gasteiger partial charge on any atom is -0.458 e. The third kappa shape index (κ3) is 7.50. The molecule has 0 spiro atoms. The Labute approximate surface area is 397 Å². The summed E-state index contributed by atoms with van der Waals surface area (Å²) in [6, 6.07) is 54.0. The smallest absolute Gasteiger partial charge is 0.160 e. The highest BCUT2D eigenvalue weighted by molar-refractivity contribution is 6.37. The van der Waals surface area contributed by atoms with Crippen LogP contribution in [0.2, 0.25) is 5.02 Å². The number of rotatable bonds is 8. The second kappa shape index (κ2) is 16.6. The number of hydrogen-bond donors (Lipinski definition) is 3. The van der Waals surface area contributed by atoms with Gasteiger partial charge >= 0.3 is 0 Å². The van der Waals surface area contributed by atoms with Gasteiger partial charge < -0.3 is 33.9 Å². The summed E-state index contributed by atoms with van der Waals surface area (Å²) in [5.74, 6) is 6.67. The van der Waals surface area contributed by atoms with Crippen LogP contribution < -0.4 is 40.9 Å². The van der Waals surface area contributed by atoms with E-state index in [9.17, 15) is 0 Å². The third-order valence-electron chi connectivity index (χ3n) is 12.0. The molecule has 0 amide bonds. The Kier molecular flexibility index (Phi) is 9.61. The van der Waals surface area contributed by atoms with Crippen LogP contribution in [-0.4, -0.2) is 20.8 Å². The number of nitrogens with zero attached hydrogens (tertiary/aromatic N) is 5. The molecule has 2 aliphatic heterocycles. The van der Waals surface area contributed by atoms with Crippen molar-refractivity contribution in [3.8, 4) is 40.2 Å². The van der Waals surface area contributed by atoms with Crippen LogP contribution >= 0.6 is 11.6 Å². The number of halogens is 1. The Bertz CT molecular complexity index is 4090. The number of aromatic nitrogens is 3. The topological polar surface area (TPSA) is 146 Å². The third-order valence-corrected chi connectivity index (χ3v) is 12.3. The van der Waals surface area contributed by atoms with Gasteiger partial charge in [-0.25, -0.2) is 25.0 Å². The molecular weight excluding hydrogens is 884 g/mol. The molecule has 3 aromatic heterocycles. The Hall–Kier alpha value is -9.26. The van der Waals surface area contributed by atoms with Crippen LogP contribution in [0.4, 0.5) is 11.6 Å². The van der Waals surface area contributed by atoms with Crippen LogP contribution in [0.3, 0.4) is 0 Å². The first-order valence-corrected chi connectivity index (χ1v) is 22.6. The van der Waals surface area contributed by atoms with Crippen molar-refractivity contribution in [3.63, 3.8) is 0 Å². The molecule has 5 heterocycles. The van der Waals surface area contributed by atoms with E-state index in [2.05, 4.69) is 15.0 Å². The van der Waals surface area contributed by atoms with Crippen LogP contribution in [0.15, 0.2) is 230 Å². The maximum Gasteiger partial charge on any atom is 0.160 e. The molecule has 0 radical (unpaired) electrons. The molecule has 8 bridgehead atoms. The van der Waals surface area contributed by atoms with E-state index in [0.717, 1.165) is 27.1 Å². The van der Waals surface area contributed by atoms with Crippen LogP contribution in [-0.2, 0) is 0 Å². The fourth-order valence-corrected chi connectivity index (χ4v) is 9.04. The zero-order valence-corrected chi connectivity index (χ0v) is 37.0. The molecule has 0 saturated heterocycles. The van der Waals surface area contributed by atoms with Gasteiger partial charge in [-0.2, -0.15) is 0 Å². The summed E-state index contributed by atoms with van der Waals surface area (Å²) in [4.78, 5) is 37.0. The molecule has 13 rings (SSSR count). The summed E-state index contributed by atoms with van der Waals surface area (Å²) >= 11 is 7.37. The number of para-hydroxylation sites is 4. The first-order valence-electron chi connectivity index (χ1n) is 22.2. The van der Waals surface area contributed by atoms with Gasteiger partial charge in [0, 0.05) is 32.5 Å². The molecule has 69 heavy (non-hydrogen) atoms. The monoisotopic (exact) mass is 918 g/mol. The van der Waals surface area contributed by atoms with Crippen LogP contribution in [0, 0.1) is 5.92 Å². The van der Waals surface area contributed by atoms with Crippen molar-refractivity contribution in [1.82, 2.24) is 15.0 Å². The number of aromatic amines is 3. The second-order valence-corrected chi connectivity index (χ2v) is 16.8. The predicted molar refractivity (Wildman–Crippen MR) is 266 cm³/mol. The normalized spacial score (nSPS) is 15.3. The number of aliphatic imine (C=N–C) groups is 1. The summed E-state index contributed by atoms with van der Waals surface area (Å²) in [6.45, 7) is 0. The lowest BCUT2D eigenvalue weighted by atomic mass is 9.94. The molecule has 1 aliphatic carbocycles. The summed E-state index contributed by atoms with van der Waals surface area (Å²) in [5, 5.41) is 4.81. The Morgan fingerprint density at radius 1 is 0.406 bits per heavy atom. The molecule has 12 nitrogen and oxygen atoms in total. The van der Waals surface area contributed by atoms with Crippen molar-refractivity contribution in [2.45, 2.75) is 0 Å². The van der Waals surface area contributed by atoms with Crippen LogP contribution in [0.25, 0.3) is 32.3 Å². The fourth-order valence-electron chi connectivity index (χ4n) is 8.74. The van der Waals surface area contributed by atoms with E-state index in [4.69, 9.17) is 55.5 Å². The molecular formula is C56H35ClN8O4. The molecule has 13 heteroatoms. The van der Waals surface area contributed by atoms with Crippen molar-refractivity contribution in [2.24, 2.45) is 30.9 Å². The zero-order valence-electron chi connectivity index (χ0n) is 36.2. The number of fused-ring (bicyclic) bond motifs is 18. The first kappa shape index (κ1) is 40.1. The van der Waals surface area contributed by atoms with Gasteiger partial charge in [-0.05, 0) is 109 Å². The lowest BCUT2D eigenvalue weighted by Crippen LogP contribution is -2.18. The lowest BCUT2D eigenvalue weighted by Gasteiger charge is -2.16. The average Bonchev–Trinajstić information content (AvgIpc) is 4.11. The van der Waals surface area contributed by atoms with Gasteiger partial charge in [0.25, 0.3) is 0 Å². The van der Waals surface area contributed by atoms with E-state index in [0.29, 0.717) is 107 Å². The summed E-state index contributed by atoms with van der Waals surface area (Å²) in [7, 11) is 0.